The lowest BCUT2D eigenvalue weighted by Crippen LogP contribution is -2.01. The predicted molar refractivity (Wildman–Crippen MR) is 94.6 cm³/mol. The van der Waals surface area contributed by atoms with Crippen LogP contribution in [0.5, 0.6) is 5.75 Å². The molecule has 2 heterocycles. The van der Waals surface area contributed by atoms with E-state index in [0.717, 1.165) is 34.1 Å². The summed E-state index contributed by atoms with van der Waals surface area (Å²) < 4.78 is 6.85. The molecule has 0 amide bonds. The molecule has 7 heteroatoms. The highest BCUT2D eigenvalue weighted by atomic mass is 16.5. The number of hydrogen-bond donors (Lipinski definition) is 1. The quantitative estimate of drug-likeness (QED) is 0.770. The number of anilines is 2. The largest absolute Gasteiger partial charge is 0.497 e. The summed E-state index contributed by atoms with van der Waals surface area (Å²) in [6.07, 6.45) is 1.52. The highest BCUT2D eigenvalue weighted by Gasteiger charge is 2.12. The van der Waals surface area contributed by atoms with E-state index in [0.29, 0.717) is 5.82 Å². The lowest BCUT2D eigenvalue weighted by molar-refractivity contribution is 0.415. The highest BCUT2D eigenvalue weighted by Crippen LogP contribution is 2.26. The Balaban J connectivity index is 1.88. The Bertz CT molecular complexity index is 924. The topological polar surface area (TPSA) is 88.6 Å². The van der Waals surface area contributed by atoms with Gasteiger partial charge in [0.15, 0.2) is 0 Å². The van der Waals surface area contributed by atoms with Gasteiger partial charge in [0.2, 0.25) is 0 Å². The van der Waals surface area contributed by atoms with E-state index in [1.54, 1.807) is 11.8 Å². The van der Waals surface area contributed by atoms with E-state index < -0.39 is 0 Å². The monoisotopic (exact) mass is 334 g/mol. The molecule has 0 spiro atoms. The lowest BCUT2D eigenvalue weighted by Gasteiger charge is -2.08. The number of methoxy groups -OCH3 is 1. The first-order valence-corrected chi connectivity index (χ1v) is 7.77. The molecule has 0 bridgehead atoms. The lowest BCUT2D eigenvalue weighted by atomic mass is 10.1. The molecule has 3 aromatic rings. The summed E-state index contributed by atoms with van der Waals surface area (Å²) in [4.78, 5) is 8.61. The minimum atomic E-state index is 0.217. The van der Waals surface area contributed by atoms with Crippen molar-refractivity contribution in [2.45, 2.75) is 20.4 Å². The smallest absolute Gasteiger partial charge is 0.134 e. The minimum Gasteiger partial charge on any atom is -0.497 e. The first-order chi connectivity index (χ1) is 12.1. The van der Waals surface area contributed by atoms with Crippen LogP contribution in [-0.4, -0.2) is 26.9 Å². The Morgan fingerprint density at radius 1 is 1.20 bits per heavy atom. The summed E-state index contributed by atoms with van der Waals surface area (Å²) in [6.45, 7) is 4.04. The number of aryl methyl sites for hydroxylation is 1. The molecule has 0 radical (unpaired) electrons. The molecule has 1 aromatic carbocycles. The summed E-state index contributed by atoms with van der Waals surface area (Å²) in [5, 5.41) is 16.5. The van der Waals surface area contributed by atoms with Crippen molar-refractivity contribution in [1.29, 1.82) is 5.26 Å². The van der Waals surface area contributed by atoms with Crippen molar-refractivity contribution in [2.75, 3.05) is 12.4 Å². The van der Waals surface area contributed by atoms with Crippen molar-refractivity contribution in [3.63, 3.8) is 0 Å². The average Bonchev–Trinajstić information content (AvgIpc) is 2.90. The van der Waals surface area contributed by atoms with Gasteiger partial charge in [-0.1, -0.05) is 0 Å². The summed E-state index contributed by atoms with van der Waals surface area (Å²) in [5.74, 6) is 1.47. The zero-order valence-electron chi connectivity index (χ0n) is 14.3. The third kappa shape index (κ3) is 3.43. The zero-order chi connectivity index (χ0) is 17.8. The van der Waals surface area contributed by atoms with Crippen LogP contribution in [0, 0.1) is 25.2 Å². The summed E-state index contributed by atoms with van der Waals surface area (Å²) in [6, 6.07) is 11.7. The highest BCUT2D eigenvalue weighted by molar-refractivity contribution is 5.67. The van der Waals surface area contributed by atoms with Crippen molar-refractivity contribution in [3.8, 4) is 23.1 Å². The molecule has 7 nitrogen and oxygen atoms in total. The maximum Gasteiger partial charge on any atom is 0.134 e. The molecule has 126 valence electrons. The van der Waals surface area contributed by atoms with Crippen molar-refractivity contribution in [3.05, 3.63) is 48.0 Å². The van der Waals surface area contributed by atoms with E-state index in [-0.39, 0.29) is 6.54 Å². The van der Waals surface area contributed by atoms with Gasteiger partial charge >= 0.3 is 0 Å². The molecule has 0 aliphatic heterocycles. The number of ether oxygens (including phenoxy) is 1. The Labute approximate surface area is 145 Å². The number of hydrogen-bond acceptors (Lipinski definition) is 6. The van der Waals surface area contributed by atoms with Crippen LogP contribution in [0.15, 0.2) is 36.7 Å². The molecular weight excluding hydrogens is 316 g/mol. The molecule has 2 aromatic heterocycles. The van der Waals surface area contributed by atoms with E-state index >= 15 is 0 Å². The Morgan fingerprint density at radius 3 is 2.64 bits per heavy atom. The molecule has 25 heavy (non-hydrogen) atoms. The molecule has 0 unspecified atom stereocenters. The fourth-order valence-electron chi connectivity index (χ4n) is 2.57. The Hall–Kier alpha value is -3.40. The third-order valence-electron chi connectivity index (χ3n) is 3.91. The van der Waals surface area contributed by atoms with Crippen LogP contribution in [0.1, 0.15) is 11.4 Å². The van der Waals surface area contributed by atoms with Crippen molar-refractivity contribution < 1.29 is 4.74 Å². The van der Waals surface area contributed by atoms with Crippen LogP contribution in [-0.2, 0) is 6.54 Å². The van der Waals surface area contributed by atoms with Crippen LogP contribution >= 0.6 is 0 Å². The fraction of sp³-hybridized carbons (Fsp3) is 0.222. The zero-order valence-corrected chi connectivity index (χ0v) is 14.3. The number of aromatic nitrogens is 4. The summed E-state index contributed by atoms with van der Waals surface area (Å²) in [7, 11) is 1.64. The van der Waals surface area contributed by atoms with Crippen LogP contribution < -0.4 is 10.1 Å². The van der Waals surface area contributed by atoms with Gasteiger partial charge in [0.25, 0.3) is 0 Å². The molecule has 0 atom stereocenters. The van der Waals surface area contributed by atoms with Gasteiger partial charge in [-0.2, -0.15) is 10.4 Å². The second-order valence-electron chi connectivity index (χ2n) is 5.50. The van der Waals surface area contributed by atoms with Gasteiger partial charge < -0.3 is 10.1 Å². The molecule has 0 fully saturated rings. The molecule has 0 saturated heterocycles. The normalized spacial score (nSPS) is 10.3. The predicted octanol–water partition coefficient (Wildman–Crippen LogP) is 3.23. The van der Waals surface area contributed by atoms with E-state index in [2.05, 4.69) is 26.5 Å². The Kier molecular flexibility index (Phi) is 4.61. The fourth-order valence-corrected chi connectivity index (χ4v) is 2.57. The Morgan fingerprint density at radius 2 is 1.96 bits per heavy atom. The van der Waals surface area contributed by atoms with Crippen LogP contribution in [0.25, 0.3) is 11.3 Å². The summed E-state index contributed by atoms with van der Waals surface area (Å²) >= 11 is 0. The number of rotatable bonds is 5. The van der Waals surface area contributed by atoms with Gasteiger partial charge in [-0.15, -0.1) is 0 Å². The number of nitriles is 1. The van der Waals surface area contributed by atoms with Gasteiger partial charge in [0, 0.05) is 11.6 Å². The van der Waals surface area contributed by atoms with Gasteiger partial charge in [0.05, 0.1) is 35.9 Å². The van der Waals surface area contributed by atoms with Gasteiger partial charge in [-0.3, -0.25) is 4.68 Å². The molecule has 0 aliphatic carbocycles. The SMILES string of the molecule is COc1ccc(-c2cc(Nc3c(C)nn(CC#N)c3C)ncn2)cc1. The standard InChI is InChI=1S/C18H18N6O/c1-12-18(13(2)24(23-12)9-8-19)22-17-10-16(20-11-21-17)14-4-6-15(25-3)7-5-14/h4-7,10-11H,9H2,1-3H3,(H,20,21,22). The van der Waals surface area contributed by atoms with Crippen molar-refractivity contribution in [1.82, 2.24) is 19.7 Å². The average molecular weight is 334 g/mol. The number of nitrogens with one attached hydrogen (secondary N) is 1. The van der Waals surface area contributed by atoms with Crippen LogP contribution in [0.4, 0.5) is 11.5 Å². The van der Waals surface area contributed by atoms with Crippen molar-refractivity contribution in [2.24, 2.45) is 0 Å². The molecule has 3 rings (SSSR count). The van der Waals surface area contributed by atoms with Gasteiger partial charge in [-0.05, 0) is 38.1 Å². The van der Waals surface area contributed by atoms with Crippen LogP contribution in [0.3, 0.4) is 0 Å². The van der Waals surface area contributed by atoms with Crippen LogP contribution in [0.2, 0.25) is 0 Å². The van der Waals surface area contributed by atoms with E-state index in [1.165, 1.54) is 6.33 Å². The molecular formula is C18H18N6O. The minimum absolute atomic E-state index is 0.217. The first kappa shape index (κ1) is 16.5. The second-order valence-corrected chi connectivity index (χ2v) is 5.50. The second kappa shape index (κ2) is 7.01. The summed E-state index contributed by atoms with van der Waals surface area (Å²) in [5.41, 5.74) is 4.34. The third-order valence-corrected chi connectivity index (χ3v) is 3.91. The van der Waals surface area contributed by atoms with Crippen molar-refractivity contribution >= 4 is 11.5 Å². The number of nitrogens with zero attached hydrogens (tertiary/aromatic N) is 5. The number of benzene rings is 1. The van der Waals surface area contributed by atoms with E-state index in [9.17, 15) is 0 Å². The van der Waals surface area contributed by atoms with Gasteiger partial charge in [-0.25, -0.2) is 9.97 Å². The maximum absolute atomic E-state index is 8.87. The van der Waals surface area contributed by atoms with E-state index in [4.69, 9.17) is 10.00 Å². The van der Waals surface area contributed by atoms with E-state index in [1.807, 2.05) is 44.2 Å². The van der Waals surface area contributed by atoms with Gasteiger partial charge in [0.1, 0.15) is 24.4 Å². The molecule has 1 N–H and O–H groups in total. The first-order valence-electron chi connectivity index (χ1n) is 7.77. The molecule has 0 aliphatic rings. The molecule has 0 saturated carbocycles. The maximum atomic E-state index is 8.87.